The second-order valence-corrected chi connectivity index (χ2v) is 10.4. The number of fused-ring (bicyclic) bond motifs is 2. The predicted molar refractivity (Wildman–Crippen MR) is 118 cm³/mol. The number of benzene rings is 1. The Morgan fingerprint density at radius 3 is 2.23 bits per heavy atom. The van der Waals surface area contributed by atoms with Gasteiger partial charge in [-0.1, -0.05) is 43.0 Å². The third kappa shape index (κ3) is 4.77. The molecule has 0 saturated heterocycles. The lowest BCUT2D eigenvalue weighted by atomic mass is 9.74. The van der Waals surface area contributed by atoms with E-state index in [0.29, 0.717) is 16.0 Å². The van der Waals surface area contributed by atoms with Crippen LogP contribution >= 0.6 is 23.2 Å². The van der Waals surface area contributed by atoms with Gasteiger partial charge in [0.15, 0.2) is 0 Å². The minimum absolute atomic E-state index is 0.0455. The maximum absolute atomic E-state index is 14.9. The van der Waals surface area contributed by atoms with E-state index in [0.717, 1.165) is 57.8 Å². The second kappa shape index (κ2) is 9.04. The topological polar surface area (TPSA) is 72.2 Å². The highest BCUT2D eigenvalue weighted by atomic mass is 35.5. The lowest BCUT2D eigenvalue weighted by Crippen LogP contribution is -2.42. The Morgan fingerprint density at radius 1 is 1.17 bits per heavy atom. The van der Waals surface area contributed by atoms with Gasteiger partial charge in [0.05, 0.1) is 16.1 Å². The normalized spacial score (nSPS) is 28.7. The molecule has 3 aliphatic rings. The van der Waals surface area contributed by atoms with Crippen LogP contribution in [-0.4, -0.2) is 11.8 Å². The number of amides is 2. The molecule has 1 aromatic rings. The van der Waals surface area contributed by atoms with Crippen molar-refractivity contribution in [3.05, 3.63) is 33.6 Å². The molecule has 4 nitrogen and oxygen atoms in total. The number of primary amides is 1. The SMILES string of the molecule is CC(N)=O.CC12CCC(C(NC(=O)C3CCCC3)c3c(F)ccc(Cl)c3Cl)(CC1)C2. The molecule has 1 aromatic carbocycles. The minimum atomic E-state index is -0.397. The van der Waals surface area contributed by atoms with E-state index in [1.807, 2.05) is 0 Å². The molecule has 0 aliphatic heterocycles. The summed E-state index contributed by atoms with van der Waals surface area (Å²) in [5, 5.41) is 3.83. The Kier molecular flexibility index (Phi) is 7.03. The quantitative estimate of drug-likeness (QED) is 0.549. The molecule has 1 unspecified atom stereocenters. The van der Waals surface area contributed by atoms with Gasteiger partial charge in [0.25, 0.3) is 0 Å². The third-order valence-corrected chi connectivity index (χ3v) is 8.04. The summed E-state index contributed by atoms with van der Waals surface area (Å²) in [6, 6.07) is 2.47. The number of nitrogens with one attached hydrogen (secondary N) is 1. The van der Waals surface area contributed by atoms with Gasteiger partial charge in [0.2, 0.25) is 11.8 Å². The minimum Gasteiger partial charge on any atom is -0.370 e. The molecule has 0 radical (unpaired) electrons. The van der Waals surface area contributed by atoms with Gasteiger partial charge in [0.1, 0.15) is 5.82 Å². The zero-order chi connectivity index (χ0) is 22.1. The number of hydrogen-bond donors (Lipinski definition) is 2. The fourth-order valence-corrected chi connectivity index (χ4v) is 6.16. The van der Waals surface area contributed by atoms with Crippen LogP contribution in [0.15, 0.2) is 12.1 Å². The summed E-state index contributed by atoms with van der Waals surface area (Å²) >= 11 is 12.7. The van der Waals surface area contributed by atoms with Crippen molar-refractivity contribution in [1.29, 1.82) is 0 Å². The van der Waals surface area contributed by atoms with Crippen molar-refractivity contribution in [3.8, 4) is 0 Å². The smallest absolute Gasteiger partial charge is 0.223 e. The maximum Gasteiger partial charge on any atom is 0.223 e. The molecule has 3 aliphatic carbocycles. The van der Waals surface area contributed by atoms with Crippen molar-refractivity contribution < 1.29 is 14.0 Å². The molecular weight excluding hydrogens is 426 g/mol. The average molecular weight is 457 g/mol. The second-order valence-electron chi connectivity index (χ2n) is 9.64. The van der Waals surface area contributed by atoms with Crippen LogP contribution in [0.5, 0.6) is 0 Å². The highest BCUT2D eigenvalue weighted by Crippen LogP contribution is 2.66. The standard InChI is InChI=1S/C21H26Cl2FNO.C2H5NO/c1-20-8-10-21(12-20,11-9-20)18(25-19(26)13-4-2-3-5-13)16-15(24)7-6-14(22)17(16)23;1-2(3)4/h6-7,13,18H,2-5,8-12H2,1H3,(H,25,26);1H3,(H2,3,4). The highest BCUT2D eigenvalue weighted by Gasteiger charge is 2.56. The van der Waals surface area contributed by atoms with Crippen molar-refractivity contribution >= 4 is 35.0 Å². The molecule has 0 heterocycles. The molecule has 30 heavy (non-hydrogen) atoms. The van der Waals surface area contributed by atoms with Crippen LogP contribution in [0, 0.1) is 22.6 Å². The Labute approximate surface area is 188 Å². The van der Waals surface area contributed by atoms with Crippen molar-refractivity contribution in [1.82, 2.24) is 5.32 Å². The molecular formula is C23H31Cl2FN2O2. The molecule has 7 heteroatoms. The number of carbonyl (C=O) groups is 2. The van der Waals surface area contributed by atoms with E-state index < -0.39 is 6.04 Å². The van der Waals surface area contributed by atoms with E-state index in [4.69, 9.17) is 23.2 Å². The van der Waals surface area contributed by atoms with E-state index in [1.54, 1.807) is 0 Å². The molecule has 0 spiro atoms. The molecule has 3 fully saturated rings. The van der Waals surface area contributed by atoms with Crippen LogP contribution in [0.25, 0.3) is 0 Å². The van der Waals surface area contributed by atoms with Gasteiger partial charge in [-0.15, -0.1) is 0 Å². The molecule has 2 bridgehead atoms. The first-order chi connectivity index (χ1) is 14.1. The summed E-state index contributed by atoms with van der Waals surface area (Å²) in [6.07, 6.45) is 9.31. The third-order valence-electron chi connectivity index (χ3n) is 7.22. The van der Waals surface area contributed by atoms with E-state index in [9.17, 15) is 14.0 Å². The summed E-state index contributed by atoms with van der Waals surface area (Å²) in [5.74, 6) is -0.604. The molecule has 2 amide bonds. The first-order valence-corrected chi connectivity index (χ1v) is 11.5. The lowest BCUT2D eigenvalue weighted by Gasteiger charge is -2.38. The monoisotopic (exact) mass is 456 g/mol. The summed E-state index contributed by atoms with van der Waals surface area (Å²) in [6.45, 7) is 3.62. The molecule has 0 aromatic heterocycles. The number of nitrogens with two attached hydrogens (primary N) is 1. The van der Waals surface area contributed by atoms with Gasteiger partial charge in [-0.05, 0) is 67.9 Å². The molecule has 3 N–H and O–H groups in total. The molecule has 1 atom stereocenters. The van der Waals surface area contributed by atoms with Crippen LogP contribution in [0.3, 0.4) is 0 Å². The van der Waals surface area contributed by atoms with Crippen molar-refractivity contribution in [2.24, 2.45) is 22.5 Å². The molecule has 4 rings (SSSR count). The first-order valence-electron chi connectivity index (χ1n) is 10.8. The Balaban J connectivity index is 0.000000589. The van der Waals surface area contributed by atoms with Crippen molar-refractivity contribution in [3.63, 3.8) is 0 Å². The number of halogens is 3. The zero-order valence-corrected chi connectivity index (χ0v) is 19.2. The van der Waals surface area contributed by atoms with Crippen LogP contribution in [0.1, 0.15) is 83.2 Å². The Morgan fingerprint density at radius 2 is 1.73 bits per heavy atom. The van der Waals surface area contributed by atoms with Crippen molar-refractivity contribution in [2.75, 3.05) is 0 Å². The molecule has 3 saturated carbocycles. The lowest BCUT2D eigenvalue weighted by molar-refractivity contribution is -0.126. The Hall–Kier alpha value is -1.33. The zero-order valence-electron chi connectivity index (χ0n) is 17.7. The fourth-order valence-electron chi connectivity index (χ4n) is 5.73. The fraction of sp³-hybridized carbons (Fsp3) is 0.652. The van der Waals surface area contributed by atoms with Crippen LogP contribution in [0.4, 0.5) is 4.39 Å². The Bertz CT molecular complexity index is 812. The largest absolute Gasteiger partial charge is 0.370 e. The van der Waals surface area contributed by atoms with Gasteiger partial charge >= 0.3 is 0 Å². The van der Waals surface area contributed by atoms with Gasteiger partial charge in [0, 0.05) is 18.4 Å². The van der Waals surface area contributed by atoms with E-state index in [2.05, 4.69) is 18.0 Å². The predicted octanol–water partition coefficient (Wildman–Crippen LogP) is 5.94. The van der Waals surface area contributed by atoms with Gasteiger partial charge in [-0.25, -0.2) is 4.39 Å². The summed E-state index contributed by atoms with van der Waals surface area (Å²) < 4.78 is 14.9. The van der Waals surface area contributed by atoms with Crippen LogP contribution in [-0.2, 0) is 9.59 Å². The summed E-state index contributed by atoms with van der Waals surface area (Å²) in [7, 11) is 0. The van der Waals surface area contributed by atoms with Crippen LogP contribution < -0.4 is 11.1 Å². The van der Waals surface area contributed by atoms with E-state index in [-0.39, 0.29) is 34.0 Å². The summed E-state index contributed by atoms with van der Waals surface area (Å²) in [5.41, 5.74) is 5.05. The number of rotatable bonds is 4. The van der Waals surface area contributed by atoms with Crippen molar-refractivity contribution in [2.45, 2.75) is 77.7 Å². The number of carbonyl (C=O) groups excluding carboxylic acids is 2. The molecule has 166 valence electrons. The first kappa shape index (κ1) is 23.3. The van der Waals surface area contributed by atoms with E-state index >= 15 is 0 Å². The number of hydrogen-bond acceptors (Lipinski definition) is 2. The average Bonchev–Trinajstić information content (AvgIpc) is 3.39. The van der Waals surface area contributed by atoms with Gasteiger partial charge in [-0.2, -0.15) is 0 Å². The van der Waals surface area contributed by atoms with Gasteiger partial charge in [-0.3, -0.25) is 9.59 Å². The van der Waals surface area contributed by atoms with Crippen LogP contribution in [0.2, 0.25) is 10.0 Å². The van der Waals surface area contributed by atoms with Gasteiger partial charge < -0.3 is 11.1 Å². The maximum atomic E-state index is 14.9. The van der Waals surface area contributed by atoms with E-state index in [1.165, 1.54) is 19.1 Å². The summed E-state index contributed by atoms with van der Waals surface area (Å²) in [4.78, 5) is 22.2. The highest BCUT2D eigenvalue weighted by molar-refractivity contribution is 6.42.